The third-order valence-corrected chi connectivity index (χ3v) is 6.50. The molecule has 1 atom stereocenters. The van der Waals surface area contributed by atoms with Crippen molar-refractivity contribution in [1.82, 2.24) is 9.88 Å². The Morgan fingerprint density at radius 1 is 1.38 bits per heavy atom. The van der Waals surface area contributed by atoms with Gasteiger partial charge in [-0.3, -0.25) is 9.59 Å². The molecule has 2 aliphatic heterocycles. The van der Waals surface area contributed by atoms with Gasteiger partial charge in [0, 0.05) is 43.4 Å². The molecule has 1 aromatic rings. The van der Waals surface area contributed by atoms with Gasteiger partial charge in [-0.05, 0) is 38.0 Å². The zero-order valence-corrected chi connectivity index (χ0v) is 14.7. The second-order valence-electron chi connectivity index (χ2n) is 7.62. The van der Waals surface area contributed by atoms with Crippen LogP contribution >= 0.6 is 11.3 Å². The van der Waals surface area contributed by atoms with Crippen molar-refractivity contribution in [3.63, 3.8) is 0 Å². The molecule has 2 N–H and O–H groups in total. The summed E-state index contributed by atoms with van der Waals surface area (Å²) in [6.45, 7) is 3.72. The molecule has 0 unspecified atom stereocenters. The van der Waals surface area contributed by atoms with Crippen LogP contribution in [0.3, 0.4) is 0 Å². The predicted octanol–water partition coefficient (Wildman–Crippen LogP) is 1.86. The van der Waals surface area contributed by atoms with Gasteiger partial charge < -0.3 is 15.5 Å². The maximum atomic E-state index is 12.3. The fourth-order valence-electron chi connectivity index (χ4n) is 4.11. The first-order chi connectivity index (χ1) is 11.5. The summed E-state index contributed by atoms with van der Waals surface area (Å²) < 4.78 is 0. The number of carbonyl (C=O) groups is 2. The molecule has 1 aromatic heterocycles. The maximum absolute atomic E-state index is 12.3. The first-order valence-electron chi connectivity index (χ1n) is 8.83. The smallest absolute Gasteiger partial charge is 0.268 e. The quantitative estimate of drug-likeness (QED) is 0.901. The summed E-state index contributed by atoms with van der Waals surface area (Å²) in [7, 11) is 0. The van der Waals surface area contributed by atoms with E-state index in [2.05, 4.69) is 14.8 Å². The molecule has 0 aromatic carbocycles. The maximum Gasteiger partial charge on any atom is 0.268 e. The number of rotatable bonds is 4. The van der Waals surface area contributed by atoms with E-state index in [1.54, 1.807) is 5.38 Å². The van der Waals surface area contributed by atoms with Crippen LogP contribution in [0.1, 0.15) is 49.0 Å². The predicted molar refractivity (Wildman–Crippen MR) is 93.0 cm³/mol. The topological polar surface area (TPSA) is 79.5 Å². The number of anilines is 1. The summed E-state index contributed by atoms with van der Waals surface area (Å²) in [4.78, 5) is 32.3. The molecule has 24 heavy (non-hydrogen) atoms. The number of hydrogen-bond donors (Lipinski definition) is 1. The SMILES string of the molecule is NC(=O)c1csc(N2CCC[C@@]3(CCC(=O)N(CC4CC4)C3)C2)n1. The second kappa shape index (κ2) is 6.02. The second-order valence-corrected chi connectivity index (χ2v) is 8.46. The molecule has 2 amide bonds. The van der Waals surface area contributed by atoms with Crippen LogP contribution in [0.4, 0.5) is 5.13 Å². The molecule has 0 bridgehead atoms. The Labute approximate surface area is 146 Å². The van der Waals surface area contributed by atoms with Crippen molar-refractivity contribution in [3.8, 4) is 0 Å². The Hall–Kier alpha value is -1.63. The number of nitrogens with two attached hydrogens (primary N) is 1. The van der Waals surface area contributed by atoms with E-state index in [9.17, 15) is 9.59 Å². The Balaban J connectivity index is 1.48. The van der Waals surface area contributed by atoms with E-state index >= 15 is 0 Å². The monoisotopic (exact) mass is 348 g/mol. The van der Waals surface area contributed by atoms with Crippen molar-refractivity contribution in [2.45, 2.75) is 38.5 Å². The molecule has 1 saturated carbocycles. The largest absolute Gasteiger partial charge is 0.364 e. The van der Waals surface area contributed by atoms with Crippen molar-refractivity contribution < 1.29 is 9.59 Å². The van der Waals surface area contributed by atoms with Crippen LogP contribution in [-0.2, 0) is 4.79 Å². The van der Waals surface area contributed by atoms with Crippen LogP contribution in [0.25, 0.3) is 0 Å². The first-order valence-corrected chi connectivity index (χ1v) is 9.71. The Kier molecular flexibility index (Phi) is 3.98. The molecule has 3 fully saturated rings. The highest BCUT2D eigenvalue weighted by Gasteiger charge is 2.43. The van der Waals surface area contributed by atoms with Crippen LogP contribution in [0, 0.1) is 11.3 Å². The van der Waals surface area contributed by atoms with E-state index < -0.39 is 5.91 Å². The fourth-order valence-corrected chi connectivity index (χ4v) is 4.95. The molecule has 7 heteroatoms. The third kappa shape index (κ3) is 3.14. The molecule has 2 saturated heterocycles. The zero-order chi connectivity index (χ0) is 16.7. The molecule has 130 valence electrons. The number of thiazole rings is 1. The fraction of sp³-hybridized carbons (Fsp3) is 0.706. The number of hydrogen-bond acceptors (Lipinski definition) is 5. The Bertz CT molecular complexity index is 657. The van der Waals surface area contributed by atoms with Gasteiger partial charge in [-0.2, -0.15) is 0 Å². The van der Waals surface area contributed by atoms with E-state index in [-0.39, 0.29) is 5.41 Å². The molecule has 3 heterocycles. The normalized spacial score (nSPS) is 27.8. The van der Waals surface area contributed by atoms with Crippen molar-refractivity contribution in [1.29, 1.82) is 0 Å². The van der Waals surface area contributed by atoms with E-state index in [4.69, 9.17) is 5.73 Å². The van der Waals surface area contributed by atoms with Gasteiger partial charge in [0.2, 0.25) is 5.91 Å². The van der Waals surface area contributed by atoms with Gasteiger partial charge in [0.1, 0.15) is 5.69 Å². The number of primary amides is 1. The van der Waals surface area contributed by atoms with E-state index in [1.807, 2.05) is 0 Å². The van der Waals surface area contributed by atoms with Crippen LogP contribution in [0.2, 0.25) is 0 Å². The minimum absolute atomic E-state index is 0.180. The summed E-state index contributed by atoms with van der Waals surface area (Å²) in [6.07, 6.45) is 6.47. The van der Waals surface area contributed by atoms with Crippen molar-refractivity contribution in [2.24, 2.45) is 17.1 Å². The highest BCUT2D eigenvalue weighted by molar-refractivity contribution is 7.13. The molecule has 1 spiro atoms. The lowest BCUT2D eigenvalue weighted by Gasteiger charge is -2.48. The van der Waals surface area contributed by atoms with E-state index in [1.165, 1.54) is 30.6 Å². The van der Waals surface area contributed by atoms with Crippen molar-refractivity contribution in [3.05, 3.63) is 11.1 Å². The minimum Gasteiger partial charge on any atom is -0.364 e. The number of aromatic nitrogens is 1. The molecule has 3 aliphatic rings. The number of likely N-dealkylation sites (tertiary alicyclic amines) is 1. The molecule has 1 aliphatic carbocycles. The van der Waals surface area contributed by atoms with Crippen molar-refractivity contribution >= 4 is 28.3 Å². The van der Waals surface area contributed by atoms with Crippen LogP contribution in [-0.4, -0.2) is 47.9 Å². The van der Waals surface area contributed by atoms with Gasteiger partial charge in [0.25, 0.3) is 5.91 Å². The summed E-state index contributed by atoms with van der Waals surface area (Å²) in [5, 5.41) is 2.62. The Morgan fingerprint density at radius 2 is 2.21 bits per heavy atom. The Morgan fingerprint density at radius 3 is 2.92 bits per heavy atom. The number of piperidine rings is 2. The summed E-state index contributed by atoms with van der Waals surface area (Å²) >= 11 is 1.49. The lowest BCUT2D eigenvalue weighted by atomic mass is 9.73. The number of carbonyl (C=O) groups excluding carboxylic acids is 2. The van der Waals surface area contributed by atoms with E-state index in [0.717, 1.165) is 50.1 Å². The highest BCUT2D eigenvalue weighted by atomic mass is 32.1. The lowest BCUT2D eigenvalue weighted by molar-refractivity contribution is -0.138. The zero-order valence-electron chi connectivity index (χ0n) is 13.9. The van der Waals surface area contributed by atoms with Crippen LogP contribution in [0.15, 0.2) is 5.38 Å². The third-order valence-electron chi connectivity index (χ3n) is 5.60. The average molecular weight is 348 g/mol. The first kappa shape index (κ1) is 15.9. The van der Waals surface area contributed by atoms with Gasteiger partial charge in [-0.25, -0.2) is 4.98 Å². The van der Waals surface area contributed by atoms with Crippen LogP contribution in [0.5, 0.6) is 0 Å². The van der Waals surface area contributed by atoms with Crippen molar-refractivity contribution in [2.75, 3.05) is 31.1 Å². The van der Waals surface area contributed by atoms with Gasteiger partial charge >= 0.3 is 0 Å². The van der Waals surface area contributed by atoms with Gasteiger partial charge in [-0.15, -0.1) is 11.3 Å². The molecule has 0 radical (unpaired) electrons. The van der Waals surface area contributed by atoms with Gasteiger partial charge in [0.15, 0.2) is 5.13 Å². The van der Waals surface area contributed by atoms with Gasteiger partial charge in [-0.1, -0.05) is 0 Å². The van der Waals surface area contributed by atoms with E-state index in [0.29, 0.717) is 18.0 Å². The number of amides is 2. The highest BCUT2D eigenvalue weighted by Crippen LogP contribution is 2.42. The summed E-state index contributed by atoms with van der Waals surface area (Å²) in [5.41, 5.74) is 5.85. The molecule has 4 rings (SSSR count). The average Bonchev–Trinajstić information content (AvgIpc) is 3.23. The lowest BCUT2D eigenvalue weighted by Crippen LogP contribution is -2.54. The molecule has 6 nitrogen and oxygen atoms in total. The summed E-state index contributed by atoms with van der Waals surface area (Å²) in [5.74, 6) is 0.596. The molecular weight excluding hydrogens is 324 g/mol. The standard InChI is InChI=1S/C17H24N4O2S/c18-15(23)13-9-24-16(19-13)20-7-1-5-17(10-20)6-4-14(22)21(11-17)8-12-2-3-12/h9,12H,1-8,10-11H2,(H2,18,23)/t17-/m1/s1. The van der Waals surface area contributed by atoms with Crippen LogP contribution < -0.4 is 10.6 Å². The molecular formula is C17H24N4O2S. The summed E-state index contributed by atoms with van der Waals surface area (Å²) in [6, 6.07) is 0. The number of nitrogens with zero attached hydrogens (tertiary/aromatic N) is 3. The minimum atomic E-state index is -0.469. The van der Waals surface area contributed by atoms with Gasteiger partial charge in [0.05, 0.1) is 0 Å².